The lowest BCUT2D eigenvalue weighted by atomic mass is 10.2. The zero-order valence-corrected chi connectivity index (χ0v) is 16.0. The minimum absolute atomic E-state index is 0.0230. The molecule has 4 rings (SSSR count). The molecule has 1 aliphatic rings. The Morgan fingerprint density at radius 3 is 2.81 bits per heavy atom. The number of carbonyl (C=O) groups excluding carboxylic acids is 1. The number of aromatic nitrogens is 2. The lowest BCUT2D eigenvalue weighted by molar-refractivity contribution is 0.0626. The van der Waals surface area contributed by atoms with Gasteiger partial charge < -0.3 is 14.6 Å². The van der Waals surface area contributed by atoms with E-state index in [9.17, 15) is 4.79 Å². The van der Waals surface area contributed by atoms with Crippen molar-refractivity contribution < 1.29 is 9.21 Å². The molecule has 1 aliphatic heterocycles. The second kappa shape index (κ2) is 8.08. The summed E-state index contributed by atoms with van der Waals surface area (Å²) in [5.74, 6) is 0.766. The molecule has 0 atom stereocenters. The maximum atomic E-state index is 12.4. The largest absolute Gasteiger partial charge is 0.472 e. The first-order chi connectivity index (χ1) is 13.2. The van der Waals surface area contributed by atoms with Crippen molar-refractivity contribution in [3.63, 3.8) is 0 Å². The van der Waals surface area contributed by atoms with Crippen LogP contribution in [0, 0.1) is 0 Å². The van der Waals surface area contributed by atoms with E-state index < -0.39 is 0 Å². The number of pyridine rings is 1. The number of hydrogen-bond acceptors (Lipinski definition) is 7. The Morgan fingerprint density at radius 1 is 1.26 bits per heavy atom. The first-order valence-electron chi connectivity index (χ1n) is 8.55. The molecule has 1 fully saturated rings. The summed E-state index contributed by atoms with van der Waals surface area (Å²) in [6.07, 6.45) is 4.63. The third kappa shape index (κ3) is 4.47. The van der Waals surface area contributed by atoms with Crippen molar-refractivity contribution in [3.8, 4) is 0 Å². The van der Waals surface area contributed by atoms with E-state index in [1.807, 2.05) is 23.1 Å². The number of anilines is 2. The monoisotopic (exact) mass is 403 g/mol. The Hall–Kier alpha value is -2.42. The predicted molar refractivity (Wildman–Crippen MR) is 105 cm³/mol. The molecule has 1 saturated heterocycles. The molecule has 0 spiro atoms. The lowest BCUT2D eigenvalue weighted by Crippen LogP contribution is -2.48. The zero-order chi connectivity index (χ0) is 18.6. The Balaban J connectivity index is 1.32. The molecule has 0 unspecified atom stereocenters. The van der Waals surface area contributed by atoms with Crippen molar-refractivity contribution in [1.82, 2.24) is 19.8 Å². The van der Waals surface area contributed by atoms with Crippen LogP contribution in [0.4, 0.5) is 10.9 Å². The molecule has 4 heterocycles. The molecule has 1 amide bonds. The van der Waals surface area contributed by atoms with E-state index in [0.29, 0.717) is 23.0 Å². The van der Waals surface area contributed by atoms with Gasteiger partial charge in [0.05, 0.1) is 23.7 Å². The molecule has 0 aromatic carbocycles. The van der Waals surface area contributed by atoms with Crippen LogP contribution >= 0.6 is 22.9 Å². The number of amides is 1. The van der Waals surface area contributed by atoms with Gasteiger partial charge in [0.25, 0.3) is 5.91 Å². The number of nitrogens with zero attached hydrogens (tertiary/aromatic N) is 4. The van der Waals surface area contributed by atoms with E-state index in [0.717, 1.165) is 36.3 Å². The topological polar surface area (TPSA) is 74.5 Å². The van der Waals surface area contributed by atoms with Crippen molar-refractivity contribution in [2.24, 2.45) is 0 Å². The maximum Gasteiger partial charge on any atom is 0.257 e. The summed E-state index contributed by atoms with van der Waals surface area (Å²) in [6.45, 7) is 3.75. The molecule has 140 valence electrons. The van der Waals surface area contributed by atoms with E-state index in [2.05, 4.69) is 20.2 Å². The van der Waals surface area contributed by atoms with E-state index in [1.165, 1.54) is 23.9 Å². The maximum absolute atomic E-state index is 12.4. The molecule has 0 radical (unpaired) electrons. The minimum atomic E-state index is 0.0230. The predicted octanol–water partition coefficient (Wildman–Crippen LogP) is 3.49. The quantitative estimate of drug-likeness (QED) is 0.702. The van der Waals surface area contributed by atoms with Crippen LogP contribution in [0.15, 0.2) is 47.4 Å². The molecule has 27 heavy (non-hydrogen) atoms. The van der Waals surface area contributed by atoms with Crippen LogP contribution < -0.4 is 5.32 Å². The highest BCUT2D eigenvalue weighted by molar-refractivity contribution is 7.19. The summed E-state index contributed by atoms with van der Waals surface area (Å²) >= 11 is 7.28. The van der Waals surface area contributed by atoms with Crippen molar-refractivity contribution in [2.75, 3.05) is 31.5 Å². The van der Waals surface area contributed by atoms with Crippen LogP contribution in [0.25, 0.3) is 0 Å². The first-order valence-corrected chi connectivity index (χ1v) is 9.75. The highest BCUT2D eigenvalue weighted by Crippen LogP contribution is 2.25. The summed E-state index contributed by atoms with van der Waals surface area (Å²) in [4.78, 5) is 25.3. The van der Waals surface area contributed by atoms with Crippen LogP contribution in [0.1, 0.15) is 16.1 Å². The Morgan fingerprint density at radius 2 is 2.11 bits per heavy atom. The van der Waals surface area contributed by atoms with Crippen LogP contribution in [0.2, 0.25) is 4.34 Å². The van der Waals surface area contributed by atoms with Crippen LogP contribution in [-0.4, -0.2) is 51.9 Å². The van der Waals surface area contributed by atoms with Gasteiger partial charge >= 0.3 is 0 Å². The molecule has 0 saturated carbocycles. The molecule has 7 nitrogen and oxygen atoms in total. The van der Waals surface area contributed by atoms with Gasteiger partial charge in [0.2, 0.25) is 0 Å². The zero-order valence-electron chi connectivity index (χ0n) is 14.5. The molecule has 3 aromatic heterocycles. The SMILES string of the molecule is O=C(c1ccoc1)N1CCN(Cc2cccc(Nc3ncc(Cl)s3)n2)CC1. The van der Waals surface area contributed by atoms with Gasteiger partial charge in [-0.1, -0.05) is 29.0 Å². The number of piperazine rings is 1. The van der Waals surface area contributed by atoms with Gasteiger partial charge in [0.15, 0.2) is 5.13 Å². The van der Waals surface area contributed by atoms with Crippen molar-refractivity contribution >= 4 is 39.8 Å². The second-order valence-electron chi connectivity index (χ2n) is 6.19. The summed E-state index contributed by atoms with van der Waals surface area (Å²) in [7, 11) is 0. The minimum Gasteiger partial charge on any atom is -0.472 e. The number of thiazole rings is 1. The van der Waals surface area contributed by atoms with Crippen LogP contribution in [-0.2, 0) is 6.54 Å². The van der Waals surface area contributed by atoms with E-state index >= 15 is 0 Å². The standard InChI is InChI=1S/C18H18ClN5O2S/c19-15-10-20-18(27-15)22-16-3-1-2-14(21-16)11-23-5-7-24(8-6-23)17(25)13-4-9-26-12-13/h1-4,9-10,12H,5-8,11H2,(H,20,21,22). The van der Waals surface area contributed by atoms with Gasteiger partial charge in [-0.05, 0) is 18.2 Å². The highest BCUT2D eigenvalue weighted by atomic mass is 35.5. The van der Waals surface area contributed by atoms with Crippen LogP contribution in [0.5, 0.6) is 0 Å². The molecule has 0 aliphatic carbocycles. The van der Waals surface area contributed by atoms with E-state index in [1.54, 1.807) is 12.3 Å². The Bertz CT molecular complexity index is 906. The number of furan rings is 1. The fourth-order valence-electron chi connectivity index (χ4n) is 2.97. The van der Waals surface area contributed by atoms with E-state index in [-0.39, 0.29) is 5.91 Å². The highest BCUT2D eigenvalue weighted by Gasteiger charge is 2.23. The third-order valence-corrected chi connectivity index (χ3v) is 5.36. The average Bonchev–Trinajstić information content (AvgIpc) is 3.34. The molecule has 0 bridgehead atoms. The van der Waals surface area contributed by atoms with Gasteiger partial charge in [-0.15, -0.1) is 0 Å². The molecular formula is C18H18ClN5O2S. The van der Waals surface area contributed by atoms with E-state index in [4.69, 9.17) is 16.0 Å². The third-order valence-electron chi connectivity index (χ3n) is 4.33. The van der Waals surface area contributed by atoms with Gasteiger partial charge in [0.1, 0.15) is 16.4 Å². The first kappa shape index (κ1) is 18.0. The van der Waals surface area contributed by atoms with Crippen molar-refractivity contribution in [1.29, 1.82) is 0 Å². The molecular weight excluding hydrogens is 386 g/mol. The normalized spacial score (nSPS) is 15.1. The lowest BCUT2D eigenvalue weighted by Gasteiger charge is -2.34. The number of halogens is 1. The number of nitrogens with one attached hydrogen (secondary N) is 1. The van der Waals surface area contributed by atoms with Gasteiger partial charge in [0, 0.05) is 32.7 Å². The van der Waals surface area contributed by atoms with Gasteiger partial charge in [-0.25, -0.2) is 9.97 Å². The summed E-state index contributed by atoms with van der Waals surface area (Å²) in [6, 6.07) is 7.58. The molecule has 9 heteroatoms. The Labute approximate surface area is 165 Å². The number of hydrogen-bond donors (Lipinski definition) is 1. The number of carbonyl (C=O) groups is 1. The fraction of sp³-hybridized carbons (Fsp3) is 0.278. The summed E-state index contributed by atoms with van der Waals surface area (Å²) < 4.78 is 5.63. The number of rotatable bonds is 5. The van der Waals surface area contributed by atoms with Crippen molar-refractivity contribution in [2.45, 2.75) is 6.54 Å². The average molecular weight is 404 g/mol. The molecule has 3 aromatic rings. The van der Waals surface area contributed by atoms with Crippen LogP contribution in [0.3, 0.4) is 0 Å². The van der Waals surface area contributed by atoms with Gasteiger partial charge in [-0.3, -0.25) is 9.69 Å². The van der Waals surface area contributed by atoms with Gasteiger partial charge in [-0.2, -0.15) is 0 Å². The summed E-state index contributed by atoms with van der Waals surface area (Å²) in [5, 5.41) is 3.89. The smallest absolute Gasteiger partial charge is 0.257 e. The molecule has 1 N–H and O–H groups in total. The Kier molecular flexibility index (Phi) is 5.38. The van der Waals surface area contributed by atoms with Crippen molar-refractivity contribution in [3.05, 3.63) is 58.6 Å². The summed E-state index contributed by atoms with van der Waals surface area (Å²) in [5.41, 5.74) is 1.57. The fourth-order valence-corrected chi connectivity index (χ4v) is 3.79. The second-order valence-corrected chi connectivity index (χ2v) is 7.85.